The highest BCUT2D eigenvalue weighted by atomic mass is 35.5. The van der Waals surface area contributed by atoms with E-state index in [-0.39, 0.29) is 11.2 Å². The molecular formula is C11H16ClN3O. The van der Waals surface area contributed by atoms with Crippen molar-refractivity contribution in [1.82, 2.24) is 14.9 Å². The van der Waals surface area contributed by atoms with Crippen LogP contribution in [0, 0.1) is 6.92 Å². The fourth-order valence-corrected chi connectivity index (χ4v) is 1.85. The van der Waals surface area contributed by atoms with Crippen LogP contribution in [0.15, 0.2) is 0 Å². The van der Waals surface area contributed by atoms with Gasteiger partial charge in [-0.2, -0.15) is 0 Å². The lowest BCUT2D eigenvalue weighted by molar-refractivity contribution is 0.0777. The number of aromatic nitrogens is 2. The third kappa shape index (κ3) is 2.32. The number of carbonyl (C=O) groups is 1. The van der Waals surface area contributed by atoms with Crippen LogP contribution in [0.2, 0.25) is 5.28 Å². The molecule has 88 valence electrons. The van der Waals surface area contributed by atoms with Crippen molar-refractivity contribution >= 4 is 17.5 Å². The standard InChI is InChI=1S/C9H10ClN3O.C2H6/c1-5-7-6(12-9(10)11-5)3-4-13(2)8(7)14;1-2/h3-4H2,1-2H3;1-2H3. The second-order valence-electron chi connectivity index (χ2n) is 3.38. The molecule has 2 rings (SSSR count). The van der Waals surface area contributed by atoms with Crippen LogP contribution in [0.1, 0.15) is 35.6 Å². The molecule has 2 heterocycles. The van der Waals surface area contributed by atoms with Crippen LogP contribution in [-0.2, 0) is 6.42 Å². The quantitative estimate of drug-likeness (QED) is 0.654. The van der Waals surface area contributed by atoms with Crippen LogP contribution >= 0.6 is 11.6 Å². The van der Waals surface area contributed by atoms with Crippen molar-refractivity contribution in [3.63, 3.8) is 0 Å². The van der Waals surface area contributed by atoms with Gasteiger partial charge in [-0.1, -0.05) is 13.8 Å². The third-order valence-corrected chi connectivity index (χ3v) is 2.55. The van der Waals surface area contributed by atoms with Gasteiger partial charge in [0.2, 0.25) is 5.28 Å². The van der Waals surface area contributed by atoms with Crippen LogP contribution < -0.4 is 0 Å². The average Bonchev–Trinajstić information content (AvgIpc) is 2.26. The lowest BCUT2D eigenvalue weighted by Crippen LogP contribution is -2.35. The van der Waals surface area contributed by atoms with E-state index in [4.69, 9.17) is 11.6 Å². The number of amides is 1. The van der Waals surface area contributed by atoms with E-state index in [2.05, 4.69) is 9.97 Å². The molecular weight excluding hydrogens is 226 g/mol. The van der Waals surface area contributed by atoms with Crippen LogP contribution in [0.25, 0.3) is 0 Å². The van der Waals surface area contributed by atoms with Crippen molar-refractivity contribution < 1.29 is 4.79 Å². The molecule has 0 saturated heterocycles. The largest absolute Gasteiger partial charge is 0.341 e. The number of fused-ring (bicyclic) bond motifs is 1. The summed E-state index contributed by atoms with van der Waals surface area (Å²) >= 11 is 5.72. The first kappa shape index (κ1) is 12.9. The number of hydrogen-bond donors (Lipinski definition) is 0. The van der Waals surface area contributed by atoms with E-state index in [1.165, 1.54) is 0 Å². The van der Waals surface area contributed by atoms with Crippen LogP contribution in [0.5, 0.6) is 0 Å². The molecule has 0 bridgehead atoms. The summed E-state index contributed by atoms with van der Waals surface area (Å²) < 4.78 is 0. The monoisotopic (exact) mass is 241 g/mol. The fraction of sp³-hybridized carbons (Fsp3) is 0.545. The van der Waals surface area contributed by atoms with E-state index in [9.17, 15) is 4.79 Å². The molecule has 0 aliphatic carbocycles. The van der Waals surface area contributed by atoms with Gasteiger partial charge in [-0.25, -0.2) is 9.97 Å². The highest BCUT2D eigenvalue weighted by molar-refractivity contribution is 6.28. The van der Waals surface area contributed by atoms with Gasteiger partial charge in [-0.3, -0.25) is 4.79 Å². The topological polar surface area (TPSA) is 46.1 Å². The molecule has 1 aromatic rings. The molecule has 0 atom stereocenters. The molecule has 1 amide bonds. The Morgan fingerprint density at radius 1 is 1.31 bits per heavy atom. The first-order valence-corrected chi connectivity index (χ1v) is 5.76. The van der Waals surface area contributed by atoms with Gasteiger partial charge in [0.05, 0.1) is 17.0 Å². The highest BCUT2D eigenvalue weighted by Gasteiger charge is 2.25. The zero-order chi connectivity index (χ0) is 12.3. The molecule has 1 aliphatic rings. The maximum atomic E-state index is 11.8. The second kappa shape index (κ2) is 5.25. The number of nitrogens with zero attached hydrogens (tertiary/aromatic N) is 3. The van der Waals surface area contributed by atoms with Crippen LogP contribution in [0.4, 0.5) is 0 Å². The van der Waals surface area contributed by atoms with Gasteiger partial charge in [0.15, 0.2) is 0 Å². The molecule has 0 spiro atoms. The van der Waals surface area contributed by atoms with Crippen molar-refractivity contribution in [2.24, 2.45) is 0 Å². The predicted octanol–water partition coefficient (Wildman–Crippen LogP) is 2.09. The van der Waals surface area contributed by atoms with Crippen molar-refractivity contribution in [3.8, 4) is 0 Å². The molecule has 0 fully saturated rings. The smallest absolute Gasteiger partial charge is 0.257 e. The molecule has 5 heteroatoms. The van der Waals surface area contributed by atoms with Gasteiger partial charge < -0.3 is 4.90 Å². The van der Waals surface area contributed by atoms with Crippen molar-refractivity contribution in [2.75, 3.05) is 13.6 Å². The van der Waals surface area contributed by atoms with E-state index < -0.39 is 0 Å². The van der Waals surface area contributed by atoms with Gasteiger partial charge in [0, 0.05) is 20.0 Å². The minimum atomic E-state index is -0.0135. The van der Waals surface area contributed by atoms with Gasteiger partial charge in [0.1, 0.15) is 0 Å². The van der Waals surface area contributed by atoms with Gasteiger partial charge in [-0.05, 0) is 18.5 Å². The zero-order valence-corrected chi connectivity index (χ0v) is 10.8. The lowest BCUT2D eigenvalue weighted by atomic mass is 10.0. The molecule has 0 aromatic carbocycles. The van der Waals surface area contributed by atoms with Crippen LogP contribution in [0.3, 0.4) is 0 Å². The van der Waals surface area contributed by atoms with Gasteiger partial charge in [-0.15, -0.1) is 0 Å². The Bertz CT molecular complexity index is 406. The Kier molecular flexibility index (Phi) is 4.24. The SMILES string of the molecule is CC.Cc1nc(Cl)nc2c1C(=O)N(C)CC2. The molecule has 4 nitrogen and oxygen atoms in total. The minimum absolute atomic E-state index is 0.0135. The Hall–Kier alpha value is -1.16. The summed E-state index contributed by atoms with van der Waals surface area (Å²) in [4.78, 5) is 21.5. The lowest BCUT2D eigenvalue weighted by Gasteiger charge is -2.24. The Morgan fingerprint density at radius 2 is 1.94 bits per heavy atom. The zero-order valence-electron chi connectivity index (χ0n) is 10.0. The number of hydrogen-bond acceptors (Lipinski definition) is 3. The Morgan fingerprint density at radius 3 is 2.56 bits per heavy atom. The molecule has 0 N–H and O–H groups in total. The van der Waals surface area contributed by atoms with E-state index in [1.807, 2.05) is 13.8 Å². The maximum Gasteiger partial charge on any atom is 0.257 e. The fourth-order valence-electron chi connectivity index (χ4n) is 1.62. The van der Waals surface area contributed by atoms with E-state index in [0.29, 0.717) is 17.8 Å². The third-order valence-electron chi connectivity index (χ3n) is 2.38. The Labute approximate surface area is 101 Å². The summed E-state index contributed by atoms with van der Waals surface area (Å²) in [7, 11) is 1.78. The summed E-state index contributed by atoms with van der Waals surface area (Å²) in [5, 5.41) is 0.221. The van der Waals surface area contributed by atoms with Gasteiger partial charge in [0.25, 0.3) is 5.91 Å². The summed E-state index contributed by atoms with van der Waals surface area (Å²) in [6.07, 6.45) is 0.751. The van der Waals surface area contributed by atoms with E-state index >= 15 is 0 Å². The highest BCUT2D eigenvalue weighted by Crippen LogP contribution is 2.20. The average molecular weight is 242 g/mol. The van der Waals surface area contributed by atoms with Crippen molar-refractivity contribution in [3.05, 3.63) is 22.2 Å². The molecule has 0 radical (unpaired) electrons. The number of likely N-dealkylation sites (N-methyl/N-ethyl adjacent to an activating group) is 1. The number of aryl methyl sites for hydroxylation is 1. The number of rotatable bonds is 0. The first-order valence-electron chi connectivity index (χ1n) is 5.38. The van der Waals surface area contributed by atoms with E-state index in [0.717, 1.165) is 12.1 Å². The minimum Gasteiger partial charge on any atom is -0.341 e. The Balaban J connectivity index is 0.000000606. The summed E-state index contributed by atoms with van der Waals surface area (Å²) in [6.45, 7) is 6.47. The maximum absolute atomic E-state index is 11.8. The summed E-state index contributed by atoms with van der Waals surface area (Å²) in [6, 6.07) is 0. The molecule has 0 unspecified atom stereocenters. The molecule has 0 saturated carbocycles. The number of carbonyl (C=O) groups excluding carboxylic acids is 1. The van der Waals surface area contributed by atoms with Gasteiger partial charge >= 0.3 is 0 Å². The van der Waals surface area contributed by atoms with E-state index in [1.54, 1.807) is 18.9 Å². The van der Waals surface area contributed by atoms with Crippen LogP contribution in [-0.4, -0.2) is 34.4 Å². The van der Waals surface area contributed by atoms with Crippen molar-refractivity contribution in [2.45, 2.75) is 27.2 Å². The molecule has 16 heavy (non-hydrogen) atoms. The number of halogens is 1. The molecule has 1 aromatic heterocycles. The molecule has 1 aliphatic heterocycles. The normalized spacial score (nSPS) is 14.1. The summed E-state index contributed by atoms with van der Waals surface area (Å²) in [5.74, 6) is -0.0135. The first-order chi connectivity index (χ1) is 7.59. The predicted molar refractivity (Wildman–Crippen MR) is 63.8 cm³/mol. The second-order valence-corrected chi connectivity index (χ2v) is 3.71. The van der Waals surface area contributed by atoms with Crippen molar-refractivity contribution in [1.29, 1.82) is 0 Å². The summed E-state index contributed by atoms with van der Waals surface area (Å²) in [5.41, 5.74) is 2.05.